The van der Waals surface area contributed by atoms with E-state index in [1.54, 1.807) is 12.0 Å². The van der Waals surface area contributed by atoms with E-state index in [1.165, 1.54) is 11.8 Å². The zero-order chi connectivity index (χ0) is 24.1. The first-order chi connectivity index (χ1) is 16.4. The Hall–Kier alpha value is -3.03. The average Bonchev–Trinajstić information content (AvgIpc) is 3.12. The van der Waals surface area contributed by atoms with Gasteiger partial charge in [0, 0.05) is 10.2 Å². The fourth-order valence-electron chi connectivity index (χ4n) is 3.58. The quantitative estimate of drug-likeness (QED) is 0.251. The van der Waals surface area contributed by atoms with Gasteiger partial charge in [-0.05, 0) is 85.1 Å². The van der Waals surface area contributed by atoms with Crippen LogP contribution in [0.2, 0.25) is 0 Å². The fourth-order valence-corrected chi connectivity index (χ4v) is 4.68. The molecule has 0 aliphatic carbocycles. The van der Waals surface area contributed by atoms with E-state index in [0.29, 0.717) is 23.2 Å². The number of rotatable bonds is 7. The number of amides is 1. The van der Waals surface area contributed by atoms with Crippen LogP contribution < -0.4 is 14.4 Å². The third-order valence-corrected chi connectivity index (χ3v) is 6.54. The number of aliphatic imine (C=N–C) groups is 1. The Morgan fingerprint density at radius 1 is 0.971 bits per heavy atom. The molecule has 3 aromatic carbocycles. The van der Waals surface area contributed by atoms with Crippen molar-refractivity contribution in [2.45, 2.75) is 13.8 Å². The second-order valence-electron chi connectivity index (χ2n) is 7.83. The molecule has 0 fully saturated rings. The van der Waals surface area contributed by atoms with Gasteiger partial charge in [-0.15, -0.1) is 0 Å². The van der Waals surface area contributed by atoms with Gasteiger partial charge in [-0.25, -0.2) is 4.99 Å². The number of ether oxygens (including phenoxy) is 2. The third-order valence-electron chi connectivity index (χ3n) is 5.11. The number of hydrogen-bond acceptors (Lipinski definition) is 5. The molecule has 7 heteroatoms. The van der Waals surface area contributed by atoms with Gasteiger partial charge in [0.05, 0.1) is 19.4 Å². The van der Waals surface area contributed by atoms with Crippen LogP contribution >= 0.6 is 27.7 Å². The highest BCUT2D eigenvalue weighted by molar-refractivity contribution is 9.10. The first-order valence-electron chi connectivity index (χ1n) is 10.8. The van der Waals surface area contributed by atoms with Crippen molar-refractivity contribution in [1.82, 2.24) is 0 Å². The van der Waals surface area contributed by atoms with E-state index < -0.39 is 0 Å². The number of aryl methyl sites for hydroxylation is 2. The second-order valence-corrected chi connectivity index (χ2v) is 9.81. The number of amidine groups is 1. The van der Waals surface area contributed by atoms with E-state index in [-0.39, 0.29) is 5.91 Å². The number of hydrogen-bond donors (Lipinski definition) is 0. The van der Waals surface area contributed by atoms with E-state index in [4.69, 9.17) is 14.5 Å². The van der Waals surface area contributed by atoms with E-state index in [0.717, 1.165) is 38.3 Å². The standard InChI is InChI=1S/C27H25BrN2O3S/c1-18-14-19(2)16-22(15-18)30-26(31)25(17-20-4-8-23(32-3)9-5-20)29-27(30)34-13-12-33-24-10-6-21(28)7-11-24/h4-11,14-17H,12-13H2,1-3H3/b25-17+. The van der Waals surface area contributed by atoms with E-state index in [2.05, 4.69) is 22.0 Å². The summed E-state index contributed by atoms with van der Waals surface area (Å²) in [5.74, 6) is 2.08. The predicted molar refractivity (Wildman–Crippen MR) is 144 cm³/mol. The van der Waals surface area contributed by atoms with Crippen molar-refractivity contribution in [3.8, 4) is 11.5 Å². The van der Waals surface area contributed by atoms with Gasteiger partial charge in [0.15, 0.2) is 5.17 Å². The van der Waals surface area contributed by atoms with Gasteiger partial charge in [0.2, 0.25) is 0 Å². The summed E-state index contributed by atoms with van der Waals surface area (Å²) in [7, 11) is 1.63. The van der Waals surface area contributed by atoms with Gasteiger partial charge in [-0.3, -0.25) is 9.69 Å². The van der Waals surface area contributed by atoms with Gasteiger partial charge in [0.25, 0.3) is 5.91 Å². The molecule has 0 spiro atoms. The van der Waals surface area contributed by atoms with Crippen molar-refractivity contribution in [2.75, 3.05) is 24.4 Å². The van der Waals surface area contributed by atoms with Crippen LogP contribution in [0.4, 0.5) is 5.69 Å². The summed E-state index contributed by atoms with van der Waals surface area (Å²) >= 11 is 4.93. The van der Waals surface area contributed by atoms with Crippen LogP contribution in [0.15, 0.2) is 81.9 Å². The molecule has 34 heavy (non-hydrogen) atoms. The minimum absolute atomic E-state index is 0.142. The number of nitrogens with zero attached hydrogens (tertiary/aromatic N) is 2. The minimum Gasteiger partial charge on any atom is -0.497 e. The highest BCUT2D eigenvalue weighted by Gasteiger charge is 2.32. The molecule has 0 saturated carbocycles. The van der Waals surface area contributed by atoms with Crippen LogP contribution in [0, 0.1) is 13.8 Å². The van der Waals surface area contributed by atoms with Crippen molar-refractivity contribution in [2.24, 2.45) is 4.99 Å². The van der Waals surface area contributed by atoms with Gasteiger partial charge in [0.1, 0.15) is 17.2 Å². The summed E-state index contributed by atoms with van der Waals surface area (Å²) < 4.78 is 12.1. The lowest BCUT2D eigenvalue weighted by molar-refractivity contribution is -0.113. The van der Waals surface area contributed by atoms with Gasteiger partial charge in [-0.2, -0.15) is 0 Å². The van der Waals surface area contributed by atoms with E-state index in [9.17, 15) is 4.79 Å². The molecule has 5 nitrogen and oxygen atoms in total. The molecular formula is C27H25BrN2O3S. The van der Waals surface area contributed by atoms with Crippen LogP contribution in [-0.4, -0.2) is 30.5 Å². The highest BCUT2D eigenvalue weighted by Crippen LogP contribution is 2.31. The number of methoxy groups -OCH3 is 1. The third kappa shape index (κ3) is 5.90. The largest absolute Gasteiger partial charge is 0.497 e. The number of thioether (sulfide) groups is 1. The lowest BCUT2D eigenvalue weighted by atomic mass is 10.1. The predicted octanol–water partition coefficient (Wildman–Crippen LogP) is 6.63. The minimum atomic E-state index is -0.142. The number of carbonyl (C=O) groups is 1. The molecule has 0 N–H and O–H groups in total. The SMILES string of the molecule is COc1ccc(/C=C2/N=C(SCCOc3ccc(Br)cc3)N(c3cc(C)cc(C)c3)C2=O)cc1. The Morgan fingerprint density at radius 2 is 1.62 bits per heavy atom. The molecule has 0 bridgehead atoms. The summed E-state index contributed by atoms with van der Waals surface area (Å²) in [5, 5.41) is 0.647. The maximum absolute atomic E-state index is 13.4. The molecule has 0 atom stereocenters. The monoisotopic (exact) mass is 536 g/mol. The van der Waals surface area contributed by atoms with Crippen molar-refractivity contribution in [3.05, 3.63) is 93.6 Å². The van der Waals surface area contributed by atoms with Gasteiger partial charge in [-0.1, -0.05) is 45.9 Å². The molecule has 0 aromatic heterocycles. The normalized spacial score (nSPS) is 14.5. The summed E-state index contributed by atoms with van der Waals surface area (Å²) in [6, 6.07) is 21.4. The topological polar surface area (TPSA) is 51.1 Å². The molecular weight excluding hydrogens is 512 g/mol. The number of carbonyl (C=O) groups excluding carboxylic acids is 1. The molecule has 1 heterocycles. The van der Waals surface area contributed by atoms with Crippen molar-refractivity contribution in [3.63, 3.8) is 0 Å². The van der Waals surface area contributed by atoms with Gasteiger partial charge < -0.3 is 9.47 Å². The van der Waals surface area contributed by atoms with E-state index in [1.807, 2.05) is 80.6 Å². The van der Waals surface area contributed by atoms with Crippen LogP contribution in [0.3, 0.4) is 0 Å². The zero-order valence-corrected chi connectivity index (χ0v) is 21.7. The molecule has 1 aliphatic rings. The summed E-state index contributed by atoms with van der Waals surface area (Å²) in [6.07, 6.45) is 1.81. The Kier molecular flexibility index (Phi) is 7.75. The fraction of sp³-hybridized carbons (Fsp3) is 0.185. The first-order valence-corrected chi connectivity index (χ1v) is 12.6. The van der Waals surface area contributed by atoms with Crippen molar-refractivity contribution in [1.29, 1.82) is 0 Å². The molecule has 0 unspecified atom stereocenters. The second kappa shape index (κ2) is 10.9. The van der Waals surface area contributed by atoms with E-state index >= 15 is 0 Å². The van der Waals surface area contributed by atoms with Crippen LogP contribution in [0.1, 0.15) is 16.7 Å². The highest BCUT2D eigenvalue weighted by atomic mass is 79.9. The molecule has 4 rings (SSSR count). The van der Waals surface area contributed by atoms with Crippen molar-refractivity contribution < 1.29 is 14.3 Å². The molecule has 174 valence electrons. The zero-order valence-electron chi connectivity index (χ0n) is 19.2. The Balaban J connectivity index is 1.55. The summed E-state index contributed by atoms with van der Waals surface area (Å²) in [5.41, 5.74) is 4.30. The molecule has 0 saturated heterocycles. The smallest absolute Gasteiger partial charge is 0.283 e. The molecule has 1 aliphatic heterocycles. The maximum Gasteiger partial charge on any atom is 0.283 e. The lowest BCUT2D eigenvalue weighted by Crippen LogP contribution is -2.30. The number of benzene rings is 3. The lowest BCUT2D eigenvalue weighted by Gasteiger charge is -2.19. The number of halogens is 1. The van der Waals surface area contributed by atoms with Crippen LogP contribution in [0.25, 0.3) is 6.08 Å². The Morgan fingerprint density at radius 3 is 2.26 bits per heavy atom. The van der Waals surface area contributed by atoms with Crippen LogP contribution in [0.5, 0.6) is 11.5 Å². The summed E-state index contributed by atoms with van der Waals surface area (Å²) in [4.78, 5) is 19.8. The molecule has 3 aromatic rings. The van der Waals surface area contributed by atoms with Crippen molar-refractivity contribution >= 4 is 50.5 Å². The first kappa shape index (κ1) is 24.1. The summed E-state index contributed by atoms with van der Waals surface area (Å²) in [6.45, 7) is 4.56. The van der Waals surface area contributed by atoms with Gasteiger partial charge >= 0.3 is 0 Å². The molecule has 1 amide bonds. The van der Waals surface area contributed by atoms with Crippen LogP contribution in [-0.2, 0) is 4.79 Å². The maximum atomic E-state index is 13.4. The Labute approximate surface area is 212 Å². The molecule has 0 radical (unpaired) electrons. The Bertz CT molecular complexity index is 1220. The number of anilines is 1. The average molecular weight is 537 g/mol.